The van der Waals surface area contributed by atoms with E-state index in [2.05, 4.69) is 13.8 Å². The second-order valence-electron chi connectivity index (χ2n) is 3.32. The average molecular weight is 156 g/mol. The van der Waals surface area contributed by atoms with Gasteiger partial charge in [-0.05, 0) is 12.3 Å². The molecule has 0 aromatic carbocycles. The first-order chi connectivity index (χ1) is 5.20. The molecule has 0 aliphatic heterocycles. The summed E-state index contributed by atoms with van der Waals surface area (Å²) in [6.45, 7) is 6.36. The molecule has 11 heavy (non-hydrogen) atoms. The molecule has 0 aromatic heterocycles. The van der Waals surface area contributed by atoms with Crippen LogP contribution in [-0.4, -0.2) is 5.78 Å². The van der Waals surface area contributed by atoms with Gasteiger partial charge in [-0.3, -0.25) is 4.79 Å². The average Bonchev–Trinajstić information content (AvgIpc) is 2.01. The molecule has 0 aliphatic carbocycles. The minimum absolute atomic E-state index is 0.410. The van der Waals surface area contributed by atoms with Gasteiger partial charge in [-0.2, -0.15) is 0 Å². The second-order valence-corrected chi connectivity index (χ2v) is 3.32. The Hall–Kier alpha value is -0.330. The fourth-order valence-corrected chi connectivity index (χ4v) is 1.22. The lowest BCUT2D eigenvalue weighted by atomic mass is 9.98. The van der Waals surface area contributed by atoms with Gasteiger partial charge in [0.15, 0.2) is 0 Å². The molecule has 0 heterocycles. The van der Waals surface area contributed by atoms with E-state index in [9.17, 15) is 4.79 Å². The number of hydrogen-bond donors (Lipinski definition) is 0. The number of carbonyl (C=O) groups excluding carboxylic acids is 1. The van der Waals surface area contributed by atoms with E-state index in [1.165, 1.54) is 12.8 Å². The summed E-state index contributed by atoms with van der Waals surface area (Å²) in [5, 5.41) is 0. The third kappa shape index (κ3) is 6.08. The molecule has 0 aliphatic rings. The maximum absolute atomic E-state index is 10.9. The Balaban J connectivity index is 3.29. The van der Waals surface area contributed by atoms with Crippen LogP contribution in [0.25, 0.3) is 0 Å². The van der Waals surface area contributed by atoms with Crippen LogP contribution in [0.3, 0.4) is 0 Å². The number of Topliss-reactive ketones (excluding diaryl/α,β-unsaturated/α-hetero) is 1. The molecule has 0 rings (SSSR count). The molecule has 0 bridgehead atoms. The topological polar surface area (TPSA) is 17.1 Å². The van der Waals surface area contributed by atoms with Crippen molar-refractivity contribution in [2.24, 2.45) is 5.92 Å². The van der Waals surface area contributed by atoms with Gasteiger partial charge in [0, 0.05) is 12.8 Å². The van der Waals surface area contributed by atoms with Crippen LogP contribution in [0.4, 0.5) is 0 Å². The Kier molecular flexibility index (Phi) is 6.19. The van der Waals surface area contributed by atoms with Gasteiger partial charge in [0.2, 0.25) is 0 Å². The van der Waals surface area contributed by atoms with Gasteiger partial charge in [-0.25, -0.2) is 0 Å². The Morgan fingerprint density at radius 2 is 1.91 bits per heavy atom. The fourth-order valence-electron chi connectivity index (χ4n) is 1.22. The van der Waals surface area contributed by atoms with Crippen molar-refractivity contribution < 1.29 is 4.79 Å². The molecular weight excluding hydrogens is 136 g/mol. The van der Waals surface area contributed by atoms with E-state index in [1.54, 1.807) is 0 Å². The summed E-state index contributed by atoms with van der Waals surface area (Å²) in [6.07, 6.45) is 5.08. The first kappa shape index (κ1) is 10.7. The highest BCUT2D eigenvalue weighted by Gasteiger charge is 2.03. The van der Waals surface area contributed by atoms with Gasteiger partial charge in [0.25, 0.3) is 0 Å². The van der Waals surface area contributed by atoms with E-state index >= 15 is 0 Å². The third-order valence-corrected chi connectivity index (χ3v) is 2.09. The third-order valence-electron chi connectivity index (χ3n) is 2.09. The summed E-state index contributed by atoms with van der Waals surface area (Å²) >= 11 is 0. The maximum Gasteiger partial charge on any atom is 0.132 e. The fraction of sp³-hybridized carbons (Fsp3) is 0.900. The minimum atomic E-state index is 0.410. The van der Waals surface area contributed by atoms with Crippen LogP contribution >= 0.6 is 0 Å². The molecule has 0 radical (unpaired) electrons. The molecule has 0 spiro atoms. The van der Waals surface area contributed by atoms with Gasteiger partial charge < -0.3 is 0 Å². The lowest BCUT2D eigenvalue weighted by Crippen LogP contribution is -2.00. The Morgan fingerprint density at radius 1 is 1.27 bits per heavy atom. The quantitative estimate of drug-likeness (QED) is 0.577. The molecule has 0 saturated carbocycles. The number of ketones is 1. The van der Waals surface area contributed by atoms with E-state index in [0.29, 0.717) is 12.2 Å². The molecular formula is C10H20O. The van der Waals surface area contributed by atoms with Crippen molar-refractivity contribution >= 4 is 5.78 Å². The first-order valence-corrected chi connectivity index (χ1v) is 4.72. The first-order valence-electron chi connectivity index (χ1n) is 4.72. The van der Waals surface area contributed by atoms with Crippen molar-refractivity contribution in [3.8, 4) is 0 Å². The monoisotopic (exact) mass is 156 g/mol. The summed E-state index contributed by atoms with van der Waals surface area (Å²) in [7, 11) is 0. The number of rotatable bonds is 6. The zero-order valence-electron chi connectivity index (χ0n) is 8.02. The smallest absolute Gasteiger partial charge is 0.132 e. The lowest BCUT2D eigenvalue weighted by molar-refractivity contribution is -0.119. The Bertz CT molecular complexity index is 107. The zero-order valence-corrected chi connectivity index (χ0v) is 8.02. The van der Waals surface area contributed by atoms with E-state index in [0.717, 1.165) is 18.8 Å². The molecule has 0 amide bonds. The summed E-state index contributed by atoms with van der Waals surface area (Å²) in [5.74, 6) is 1.14. The second kappa shape index (κ2) is 6.38. The van der Waals surface area contributed by atoms with Gasteiger partial charge in [-0.15, -0.1) is 0 Å². The highest BCUT2D eigenvalue weighted by Crippen LogP contribution is 2.12. The van der Waals surface area contributed by atoms with Gasteiger partial charge in [0.1, 0.15) is 5.78 Å². The summed E-state index contributed by atoms with van der Waals surface area (Å²) in [5.41, 5.74) is 0. The molecule has 0 fully saturated rings. The minimum Gasteiger partial charge on any atom is -0.300 e. The summed E-state index contributed by atoms with van der Waals surface area (Å²) in [6, 6.07) is 0. The summed E-state index contributed by atoms with van der Waals surface area (Å²) < 4.78 is 0. The Morgan fingerprint density at radius 3 is 2.36 bits per heavy atom. The highest BCUT2D eigenvalue weighted by atomic mass is 16.1. The van der Waals surface area contributed by atoms with Crippen LogP contribution in [0.1, 0.15) is 52.9 Å². The normalized spacial score (nSPS) is 13.0. The zero-order chi connectivity index (χ0) is 8.69. The molecule has 1 nitrogen and oxygen atoms in total. The number of carbonyl (C=O) groups is 1. The van der Waals surface area contributed by atoms with Crippen molar-refractivity contribution in [3.05, 3.63) is 0 Å². The number of hydrogen-bond acceptors (Lipinski definition) is 1. The van der Waals surface area contributed by atoms with Crippen LogP contribution in [0.2, 0.25) is 0 Å². The SMILES string of the molecule is CCCC(C)CCC(=O)CC. The van der Waals surface area contributed by atoms with E-state index in [4.69, 9.17) is 0 Å². The predicted octanol–water partition coefficient (Wildman–Crippen LogP) is 3.18. The molecule has 0 N–H and O–H groups in total. The maximum atomic E-state index is 10.9. The van der Waals surface area contributed by atoms with E-state index in [-0.39, 0.29) is 0 Å². The van der Waals surface area contributed by atoms with E-state index < -0.39 is 0 Å². The molecule has 0 saturated heterocycles. The van der Waals surface area contributed by atoms with Crippen molar-refractivity contribution in [1.82, 2.24) is 0 Å². The van der Waals surface area contributed by atoms with Crippen LogP contribution in [0.5, 0.6) is 0 Å². The largest absolute Gasteiger partial charge is 0.300 e. The van der Waals surface area contributed by atoms with Crippen molar-refractivity contribution in [1.29, 1.82) is 0 Å². The van der Waals surface area contributed by atoms with E-state index in [1.807, 2.05) is 6.92 Å². The summed E-state index contributed by atoms with van der Waals surface area (Å²) in [4.78, 5) is 10.9. The van der Waals surface area contributed by atoms with Gasteiger partial charge >= 0.3 is 0 Å². The van der Waals surface area contributed by atoms with Crippen molar-refractivity contribution in [2.45, 2.75) is 52.9 Å². The van der Waals surface area contributed by atoms with Crippen molar-refractivity contribution in [3.63, 3.8) is 0 Å². The van der Waals surface area contributed by atoms with Crippen LogP contribution in [0.15, 0.2) is 0 Å². The molecule has 66 valence electrons. The highest BCUT2D eigenvalue weighted by molar-refractivity contribution is 5.77. The van der Waals surface area contributed by atoms with Crippen LogP contribution in [0, 0.1) is 5.92 Å². The standard InChI is InChI=1S/C10H20O/c1-4-6-9(3)7-8-10(11)5-2/h9H,4-8H2,1-3H3. The van der Waals surface area contributed by atoms with Crippen molar-refractivity contribution in [2.75, 3.05) is 0 Å². The molecule has 1 unspecified atom stereocenters. The van der Waals surface area contributed by atoms with Gasteiger partial charge in [-0.1, -0.05) is 33.6 Å². The van der Waals surface area contributed by atoms with Crippen LogP contribution < -0.4 is 0 Å². The molecule has 0 aromatic rings. The molecule has 1 atom stereocenters. The lowest BCUT2D eigenvalue weighted by Gasteiger charge is -2.07. The van der Waals surface area contributed by atoms with Gasteiger partial charge in [0.05, 0.1) is 0 Å². The van der Waals surface area contributed by atoms with Crippen LogP contribution in [-0.2, 0) is 4.79 Å². The predicted molar refractivity (Wildman–Crippen MR) is 48.6 cm³/mol. The molecule has 1 heteroatoms. The Labute approximate surface area is 70.2 Å².